The first-order valence-electron chi connectivity index (χ1n) is 6.43. The summed E-state index contributed by atoms with van der Waals surface area (Å²) in [6, 6.07) is 10.2. The summed E-state index contributed by atoms with van der Waals surface area (Å²) in [5, 5.41) is 0. The molecule has 0 spiro atoms. The van der Waals surface area contributed by atoms with Crippen LogP contribution in [-0.2, 0) is 6.54 Å². The highest BCUT2D eigenvalue weighted by molar-refractivity contribution is 9.10. The summed E-state index contributed by atoms with van der Waals surface area (Å²) < 4.78 is 32.1. The fourth-order valence-electron chi connectivity index (χ4n) is 2.01. The van der Waals surface area contributed by atoms with Crippen molar-refractivity contribution in [3.05, 3.63) is 51.2 Å². The van der Waals surface area contributed by atoms with E-state index in [2.05, 4.69) is 15.9 Å². The van der Waals surface area contributed by atoms with Gasteiger partial charge in [-0.3, -0.25) is 4.79 Å². The number of hydrogen-bond donors (Lipinski definition) is 0. The molecule has 2 aromatic rings. The van der Waals surface area contributed by atoms with Crippen molar-refractivity contribution in [2.45, 2.75) is 19.9 Å². The average Bonchev–Trinajstić information content (AvgIpc) is 2.45. The molecule has 0 saturated carbocycles. The third-order valence-corrected chi connectivity index (χ3v) is 3.51. The van der Waals surface area contributed by atoms with Crippen molar-refractivity contribution in [2.24, 2.45) is 0 Å². The minimum Gasteiger partial charge on any atom is -0.494 e. The van der Waals surface area contributed by atoms with Crippen LogP contribution in [0.5, 0.6) is 5.75 Å². The van der Waals surface area contributed by atoms with E-state index in [4.69, 9.17) is 4.74 Å². The molecule has 1 aromatic heterocycles. The SMILES string of the molecule is CCOc1ccc(-c2ccc(Br)c(=O)n2CC(F)F)cc1. The minimum absolute atomic E-state index is 0.262. The van der Waals surface area contributed by atoms with Gasteiger partial charge >= 0.3 is 0 Å². The monoisotopic (exact) mass is 357 g/mol. The Morgan fingerprint density at radius 2 is 1.86 bits per heavy atom. The second kappa shape index (κ2) is 6.85. The van der Waals surface area contributed by atoms with E-state index in [-0.39, 0.29) is 4.47 Å². The van der Waals surface area contributed by atoms with Gasteiger partial charge in [0.1, 0.15) is 5.75 Å². The van der Waals surface area contributed by atoms with Crippen molar-refractivity contribution in [2.75, 3.05) is 6.61 Å². The van der Waals surface area contributed by atoms with E-state index in [0.29, 0.717) is 23.6 Å². The molecule has 1 aromatic carbocycles. The Balaban J connectivity index is 2.47. The van der Waals surface area contributed by atoms with E-state index < -0.39 is 18.5 Å². The maximum atomic E-state index is 12.7. The summed E-state index contributed by atoms with van der Waals surface area (Å²) in [6.07, 6.45) is -2.60. The highest BCUT2D eigenvalue weighted by Gasteiger charge is 2.13. The van der Waals surface area contributed by atoms with Gasteiger partial charge in [0.2, 0.25) is 0 Å². The lowest BCUT2D eigenvalue weighted by atomic mass is 10.1. The van der Waals surface area contributed by atoms with Gasteiger partial charge in [-0.15, -0.1) is 0 Å². The Morgan fingerprint density at radius 3 is 2.43 bits per heavy atom. The molecule has 0 fully saturated rings. The van der Waals surface area contributed by atoms with Crippen LogP contribution in [0.2, 0.25) is 0 Å². The van der Waals surface area contributed by atoms with Crippen LogP contribution < -0.4 is 10.3 Å². The van der Waals surface area contributed by atoms with E-state index in [0.717, 1.165) is 4.57 Å². The molecular weight excluding hydrogens is 344 g/mol. The van der Waals surface area contributed by atoms with Gasteiger partial charge < -0.3 is 9.30 Å². The van der Waals surface area contributed by atoms with Crippen molar-refractivity contribution in [1.82, 2.24) is 4.57 Å². The summed E-state index contributed by atoms with van der Waals surface area (Å²) in [5.41, 5.74) is 0.664. The van der Waals surface area contributed by atoms with E-state index in [1.807, 2.05) is 6.92 Å². The van der Waals surface area contributed by atoms with Crippen molar-refractivity contribution >= 4 is 15.9 Å². The fraction of sp³-hybridized carbons (Fsp3) is 0.267. The van der Waals surface area contributed by atoms with Crippen LogP contribution in [0.15, 0.2) is 45.7 Å². The molecule has 0 unspecified atom stereocenters. The van der Waals surface area contributed by atoms with Crippen molar-refractivity contribution in [3.8, 4) is 17.0 Å². The summed E-state index contributed by atoms with van der Waals surface area (Å²) >= 11 is 3.08. The Morgan fingerprint density at radius 1 is 1.19 bits per heavy atom. The number of benzene rings is 1. The molecule has 3 nitrogen and oxygen atoms in total. The molecule has 0 amide bonds. The zero-order valence-corrected chi connectivity index (χ0v) is 12.9. The third-order valence-electron chi connectivity index (χ3n) is 2.91. The Labute approximate surface area is 129 Å². The second-order valence-electron chi connectivity index (χ2n) is 4.33. The topological polar surface area (TPSA) is 31.2 Å². The number of aromatic nitrogens is 1. The zero-order valence-electron chi connectivity index (χ0n) is 11.4. The number of nitrogens with zero attached hydrogens (tertiary/aromatic N) is 1. The maximum absolute atomic E-state index is 12.7. The predicted molar refractivity (Wildman–Crippen MR) is 81.0 cm³/mol. The van der Waals surface area contributed by atoms with Crippen LogP contribution >= 0.6 is 15.9 Å². The van der Waals surface area contributed by atoms with Crippen LogP contribution in [0, 0.1) is 0 Å². The van der Waals surface area contributed by atoms with Gasteiger partial charge in [-0.25, -0.2) is 8.78 Å². The lowest BCUT2D eigenvalue weighted by molar-refractivity contribution is 0.126. The smallest absolute Gasteiger partial charge is 0.265 e. The lowest BCUT2D eigenvalue weighted by Gasteiger charge is -2.13. The summed E-state index contributed by atoms with van der Waals surface area (Å²) in [7, 11) is 0. The summed E-state index contributed by atoms with van der Waals surface area (Å²) in [4.78, 5) is 12.0. The molecule has 2 rings (SSSR count). The average molecular weight is 358 g/mol. The molecular formula is C15H14BrF2NO2. The Hall–Kier alpha value is -1.69. The van der Waals surface area contributed by atoms with Crippen molar-refractivity contribution < 1.29 is 13.5 Å². The van der Waals surface area contributed by atoms with Gasteiger partial charge in [-0.2, -0.15) is 0 Å². The van der Waals surface area contributed by atoms with Crippen molar-refractivity contribution in [1.29, 1.82) is 0 Å². The van der Waals surface area contributed by atoms with Gasteiger partial charge in [0.25, 0.3) is 12.0 Å². The molecule has 1 heterocycles. The normalized spacial score (nSPS) is 10.9. The zero-order chi connectivity index (χ0) is 15.4. The Kier molecular flexibility index (Phi) is 5.12. The molecule has 0 aliphatic carbocycles. The molecule has 21 heavy (non-hydrogen) atoms. The molecule has 0 aliphatic rings. The van der Waals surface area contributed by atoms with Gasteiger partial charge in [0.05, 0.1) is 23.3 Å². The summed E-state index contributed by atoms with van der Waals surface area (Å²) in [6.45, 7) is 1.79. The van der Waals surface area contributed by atoms with E-state index in [1.54, 1.807) is 36.4 Å². The molecule has 0 aliphatic heterocycles. The number of pyridine rings is 1. The third kappa shape index (κ3) is 3.69. The number of rotatable bonds is 5. The van der Waals surface area contributed by atoms with Crippen LogP contribution in [0.4, 0.5) is 8.78 Å². The molecule has 0 saturated heterocycles. The van der Waals surface area contributed by atoms with Gasteiger partial charge in [0, 0.05) is 0 Å². The quantitative estimate of drug-likeness (QED) is 0.811. The Bertz CT molecular complexity index is 668. The van der Waals surface area contributed by atoms with Crippen LogP contribution in [-0.4, -0.2) is 17.6 Å². The molecule has 0 atom stereocenters. The number of hydrogen-bond acceptors (Lipinski definition) is 2. The fourth-order valence-corrected chi connectivity index (χ4v) is 2.36. The highest BCUT2D eigenvalue weighted by atomic mass is 79.9. The molecule has 6 heteroatoms. The number of alkyl halides is 2. The first-order chi connectivity index (χ1) is 10.0. The summed E-state index contributed by atoms with van der Waals surface area (Å²) in [5.74, 6) is 0.695. The first-order valence-corrected chi connectivity index (χ1v) is 7.23. The standard InChI is InChI=1S/C15H14BrF2NO2/c1-2-21-11-5-3-10(4-6-11)13-8-7-12(16)15(20)19(13)9-14(17)18/h3-8,14H,2,9H2,1H3. The van der Waals surface area contributed by atoms with Crippen LogP contribution in [0.1, 0.15) is 6.92 Å². The largest absolute Gasteiger partial charge is 0.494 e. The van der Waals surface area contributed by atoms with Gasteiger partial charge in [-0.1, -0.05) is 0 Å². The number of halogens is 3. The minimum atomic E-state index is -2.60. The van der Waals surface area contributed by atoms with Crippen LogP contribution in [0.3, 0.4) is 0 Å². The van der Waals surface area contributed by atoms with Gasteiger partial charge in [0.15, 0.2) is 0 Å². The first kappa shape index (κ1) is 15.7. The van der Waals surface area contributed by atoms with Gasteiger partial charge in [-0.05, 0) is 64.8 Å². The van der Waals surface area contributed by atoms with Crippen molar-refractivity contribution in [3.63, 3.8) is 0 Å². The van der Waals surface area contributed by atoms with E-state index in [9.17, 15) is 13.6 Å². The van der Waals surface area contributed by atoms with E-state index in [1.165, 1.54) is 0 Å². The van der Waals surface area contributed by atoms with Crippen LogP contribution in [0.25, 0.3) is 11.3 Å². The second-order valence-corrected chi connectivity index (χ2v) is 5.19. The molecule has 0 radical (unpaired) electrons. The maximum Gasteiger partial charge on any atom is 0.265 e. The number of ether oxygens (including phenoxy) is 1. The molecule has 0 N–H and O–H groups in total. The molecule has 112 valence electrons. The highest BCUT2D eigenvalue weighted by Crippen LogP contribution is 2.23. The van der Waals surface area contributed by atoms with E-state index >= 15 is 0 Å². The predicted octanol–water partition coefficient (Wildman–Crippen LogP) is 3.94. The lowest BCUT2D eigenvalue weighted by Crippen LogP contribution is -2.25. The molecule has 0 bridgehead atoms.